The number of methoxy groups -OCH3 is 1. The third kappa shape index (κ3) is 3.06. The van der Waals surface area contributed by atoms with E-state index in [-0.39, 0.29) is 11.7 Å². The Kier molecular flexibility index (Phi) is 4.05. The fourth-order valence-corrected chi connectivity index (χ4v) is 2.26. The van der Waals surface area contributed by atoms with E-state index in [0.717, 1.165) is 0 Å². The first-order valence-electron chi connectivity index (χ1n) is 6.82. The highest BCUT2D eigenvalue weighted by atomic mass is 19.1. The number of carbonyl (C=O) groups is 1. The van der Waals surface area contributed by atoms with Crippen LogP contribution in [0.25, 0.3) is 16.9 Å². The van der Waals surface area contributed by atoms with Crippen molar-refractivity contribution in [3.8, 4) is 28.6 Å². The molecule has 23 heavy (non-hydrogen) atoms. The number of ether oxygens (including phenoxy) is 2. The second-order valence-electron chi connectivity index (χ2n) is 4.71. The van der Waals surface area contributed by atoms with Gasteiger partial charge in [0, 0.05) is 17.7 Å². The Hall–Kier alpha value is -3.15. The summed E-state index contributed by atoms with van der Waals surface area (Å²) >= 11 is 0. The Morgan fingerprint density at radius 2 is 1.96 bits per heavy atom. The molecule has 0 aliphatic rings. The van der Waals surface area contributed by atoms with Crippen molar-refractivity contribution in [1.29, 1.82) is 0 Å². The van der Waals surface area contributed by atoms with Gasteiger partial charge in [-0.3, -0.25) is 4.79 Å². The summed E-state index contributed by atoms with van der Waals surface area (Å²) in [6.45, 7) is 0.299. The molecule has 3 rings (SSSR count). The molecule has 0 saturated carbocycles. The van der Waals surface area contributed by atoms with Gasteiger partial charge in [0.25, 0.3) is 6.47 Å². The molecule has 1 heterocycles. The Morgan fingerprint density at radius 1 is 1.13 bits per heavy atom. The zero-order chi connectivity index (χ0) is 16.2. The number of hydrogen-bond acceptors (Lipinski definition) is 4. The maximum absolute atomic E-state index is 13.5. The molecule has 0 saturated heterocycles. The van der Waals surface area contributed by atoms with Gasteiger partial charge >= 0.3 is 0 Å². The topological polar surface area (TPSA) is 53.4 Å². The van der Waals surface area contributed by atoms with Gasteiger partial charge in [0.15, 0.2) is 0 Å². The lowest BCUT2D eigenvalue weighted by Gasteiger charge is -2.09. The summed E-state index contributed by atoms with van der Waals surface area (Å²) in [5.74, 6) is 0.418. The van der Waals surface area contributed by atoms with E-state index >= 15 is 0 Å². The SMILES string of the molecule is COc1cccc(-n2nc(OC=O)cc2-c2cccc(F)c2)c1. The molecule has 1 aromatic heterocycles. The van der Waals surface area contributed by atoms with Gasteiger partial charge in [-0.1, -0.05) is 18.2 Å². The Labute approximate surface area is 131 Å². The van der Waals surface area contributed by atoms with Crippen LogP contribution in [0.5, 0.6) is 11.6 Å². The maximum atomic E-state index is 13.5. The van der Waals surface area contributed by atoms with E-state index in [4.69, 9.17) is 9.47 Å². The molecule has 5 nitrogen and oxygen atoms in total. The molecular weight excluding hydrogens is 299 g/mol. The predicted octanol–water partition coefficient (Wildman–Crippen LogP) is 3.22. The van der Waals surface area contributed by atoms with Crippen LogP contribution in [0.1, 0.15) is 0 Å². The van der Waals surface area contributed by atoms with E-state index < -0.39 is 0 Å². The zero-order valence-corrected chi connectivity index (χ0v) is 12.3. The lowest BCUT2D eigenvalue weighted by Crippen LogP contribution is -2.00. The van der Waals surface area contributed by atoms with Crippen molar-refractivity contribution in [2.75, 3.05) is 7.11 Å². The lowest BCUT2D eigenvalue weighted by molar-refractivity contribution is -0.120. The average molecular weight is 312 g/mol. The van der Waals surface area contributed by atoms with Gasteiger partial charge < -0.3 is 9.47 Å². The van der Waals surface area contributed by atoms with Crippen LogP contribution in [0.15, 0.2) is 54.6 Å². The summed E-state index contributed by atoms with van der Waals surface area (Å²) < 4.78 is 25.1. The summed E-state index contributed by atoms with van der Waals surface area (Å²) in [6, 6.07) is 14.9. The van der Waals surface area contributed by atoms with Gasteiger partial charge in [-0.25, -0.2) is 9.07 Å². The van der Waals surface area contributed by atoms with Crippen LogP contribution in [-0.4, -0.2) is 23.4 Å². The molecule has 0 amide bonds. The number of hydrogen-bond donors (Lipinski definition) is 0. The van der Waals surface area contributed by atoms with E-state index in [1.165, 1.54) is 12.1 Å². The lowest BCUT2D eigenvalue weighted by atomic mass is 10.1. The van der Waals surface area contributed by atoms with Crippen LogP contribution < -0.4 is 9.47 Å². The van der Waals surface area contributed by atoms with Crippen molar-refractivity contribution < 1.29 is 18.7 Å². The van der Waals surface area contributed by atoms with Crippen LogP contribution in [-0.2, 0) is 4.79 Å². The van der Waals surface area contributed by atoms with Crippen LogP contribution in [0.2, 0.25) is 0 Å². The van der Waals surface area contributed by atoms with Gasteiger partial charge in [0.2, 0.25) is 5.88 Å². The smallest absolute Gasteiger partial charge is 0.299 e. The molecule has 0 N–H and O–H groups in total. The Bertz CT molecular complexity index is 845. The number of aromatic nitrogens is 2. The zero-order valence-electron chi connectivity index (χ0n) is 12.3. The molecule has 116 valence electrons. The van der Waals surface area contributed by atoms with Gasteiger partial charge in [-0.15, -0.1) is 5.10 Å². The van der Waals surface area contributed by atoms with Crippen molar-refractivity contribution in [1.82, 2.24) is 9.78 Å². The molecule has 0 bridgehead atoms. The van der Waals surface area contributed by atoms with Crippen LogP contribution in [0.4, 0.5) is 4.39 Å². The first-order valence-corrected chi connectivity index (χ1v) is 6.82. The first kappa shape index (κ1) is 14.8. The Morgan fingerprint density at radius 3 is 2.70 bits per heavy atom. The second kappa shape index (κ2) is 6.31. The number of rotatable bonds is 5. The first-order chi connectivity index (χ1) is 11.2. The molecule has 0 radical (unpaired) electrons. The van der Waals surface area contributed by atoms with Gasteiger partial charge in [0.1, 0.15) is 11.6 Å². The maximum Gasteiger partial charge on any atom is 0.299 e. The standard InChI is InChI=1S/C17H13FN2O3/c1-22-15-7-3-6-14(9-15)20-16(10-17(19-20)23-11-21)12-4-2-5-13(18)8-12/h2-11H,1H3. The molecule has 2 aromatic carbocycles. The molecule has 0 spiro atoms. The van der Waals surface area contributed by atoms with E-state index in [0.29, 0.717) is 29.2 Å². The fraction of sp³-hybridized carbons (Fsp3) is 0.0588. The van der Waals surface area contributed by atoms with Gasteiger partial charge in [0.05, 0.1) is 18.5 Å². The van der Waals surface area contributed by atoms with E-state index in [1.54, 1.807) is 42.1 Å². The molecule has 0 unspecified atom stereocenters. The minimum absolute atomic E-state index is 0.127. The largest absolute Gasteiger partial charge is 0.497 e. The van der Waals surface area contributed by atoms with Crippen molar-refractivity contribution in [3.05, 3.63) is 60.4 Å². The molecule has 6 heteroatoms. The van der Waals surface area contributed by atoms with E-state index in [2.05, 4.69) is 5.10 Å². The average Bonchev–Trinajstić information content (AvgIpc) is 2.99. The van der Waals surface area contributed by atoms with Crippen molar-refractivity contribution in [2.24, 2.45) is 0 Å². The highest BCUT2D eigenvalue weighted by molar-refractivity contribution is 5.64. The monoisotopic (exact) mass is 312 g/mol. The summed E-state index contributed by atoms with van der Waals surface area (Å²) in [5, 5.41) is 4.24. The summed E-state index contributed by atoms with van der Waals surface area (Å²) in [4.78, 5) is 10.6. The summed E-state index contributed by atoms with van der Waals surface area (Å²) in [6.07, 6.45) is 0. The minimum Gasteiger partial charge on any atom is -0.497 e. The third-order valence-electron chi connectivity index (χ3n) is 3.27. The van der Waals surface area contributed by atoms with Gasteiger partial charge in [-0.2, -0.15) is 0 Å². The second-order valence-corrected chi connectivity index (χ2v) is 4.71. The van der Waals surface area contributed by atoms with Crippen molar-refractivity contribution in [3.63, 3.8) is 0 Å². The third-order valence-corrected chi connectivity index (χ3v) is 3.27. The molecule has 3 aromatic rings. The number of benzene rings is 2. The van der Waals surface area contributed by atoms with Gasteiger partial charge in [-0.05, 0) is 24.3 Å². The normalized spacial score (nSPS) is 10.3. The number of carbonyl (C=O) groups excluding carboxylic acids is 1. The quantitative estimate of drug-likeness (QED) is 0.679. The highest BCUT2D eigenvalue weighted by Gasteiger charge is 2.13. The van der Waals surface area contributed by atoms with Crippen LogP contribution in [0.3, 0.4) is 0 Å². The predicted molar refractivity (Wildman–Crippen MR) is 82.2 cm³/mol. The fourth-order valence-electron chi connectivity index (χ4n) is 2.26. The summed E-state index contributed by atoms with van der Waals surface area (Å²) in [7, 11) is 1.57. The molecule has 0 aliphatic carbocycles. The van der Waals surface area contributed by atoms with Crippen LogP contribution >= 0.6 is 0 Å². The minimum atomic E-state index is -0.362. The summed E-state index contributed by atoms with van der Waals surface area (Å²) in [5.41, 5.74) is 1.90. The molecule has 0 atom stereocenters. The highest BCUT2D eigenvalue weighted by Crippen LogP contribution is 2.28. The molecule has 0 aliphatic heterocycles. The Balaban J connectivity index is 2.16. The van der Waals surface area contributed by atoms with Crippen molar-refractivity contribution in [2.45, 2.75) is 0 Å². The van der Waals surface area contributed by atoms with E-state index in [1.807, 2.05) is 12.1 Å². The van der Waals surface area contributed by atoms with Crippen LogP contribution in [0, 0.1) is 5.82 Å². The number of nitrogens with zero attached hydrogens (tertiary/aromatic N) is 2. The molecule has 0 fully saturated rings. The molecular formula is C17H13FN2O3. The number of halogens is 1. The van der Waals surface area contributed by atoms with Crippen molar-refractivity contribution >= 4 is 6.47 Å². The van der Waals surface area contributed by atoms with E-state index in [9.17, 15) is 9.18 Å².